The van der Waals surface area contributed by atoms with Gasteiger partial charge in [0.25, 0.3) is 0 Å². The molecule has 0 saturated heterocycles. The Morgan fingerprint density at radius 2 is 1.73 bits per heavy atom. The first kappa shape index (κ1) is 16.4. The van der Waals surface area contributed by atoms with Gasteiger partial charge < -0.3 is 9.88 Å². The maximum absolute atomic E-state index is 11.0. The first-order chi connectivity index (χ1) is 12.8. The van der Waals surface area contributed by atoms with Gasteiger partial charge in [0.1, 0.15) is 11.3 Å². The molecule has 4 aromatic rings. The number of anilines is 1. The number of imidazole rings is 1. The molecular weight excluding hydrogens is 346 g/mol. The number of benzene rings is 3. The second kappa shape index (κ2) is 7.02. The average Bonchev–Trinajstić information content (AvgIpc) is 3.03. The van der Waals surface area contributed by atoms with Gasteiger partial charge in [0.15, 0.2) is 0 Å². The highest BCUT2D eigenvalue weighted by molar-refractivity contribution is 6.33. The van der Waals surface area contributed by atoms with E-state index in [2.05, 4.69) is 22.0 Å². The monoisotopic (exact) mass is 361 g/mol. The van der Waals surface area contributed by atoms with Gasteiger partial charge in [0.05, 0.1) is 16.2 Å². The number of para-hydroxylation sites is 1. The summed E-state index contributed by atoms with van der Waals surface area (Å²) in [6.07, 6.45) is 0.667. The van der Waals surface area contributed by atoms with Gasteiger partial charge in [-0.15, -0.1) is 0 Å². The molecule has 0 fully saturated rings. The summed E-state index contributed by atoms with van der Waals surface area (Å²) >= 11 is 6.44. The lowest BCUT2D eigenvalue weighted by Gasteiger charge is -2.11. The van der Waals surface area contributed by atoms with E-state index in [4.69, 9.17) is 16.6 Å². The van der Waals surface area contributed by atoms with E-state index in [1.165, 1.54) is 0 Å². The molecule has 0 atom stereocenters. The third-order valence-electron chi connectivity index (χ3n) is 4.29. The zero-order valence-corrected chi connectivity index (χ0v) is 14.6. The Kier molecular flexibility index (Phi) is 4.42. The number of amides is 1. The molecule has 0 aliphatic rings. The van der Waals surface area contributed by atoms with Crippen molar-refractivity contribution >= 4 is 34.7 Å². The molecule has 0 aliphatic carbocycles. The summed E-state index contributed by atoms with van der Waals surface area (Å²) in [6.45, 7) is 0.655. The summed E-state index contributed by atoms with van der Waals surface area (Å²) in [5.41, 5.74) is 4.38. The number of hydrogen-bond acceptors (Lipinski definition) is 2. The predicted molar refractivity (Wildman–Crippen MR) is 105 cm³/mol. The number of carbonyl (C=O) groups is 1. The third-order valence-corrected chi connectivity index (χ3v) is 4.62. The smallest absolute Gasteiger partial charge is 0.211 e. The average molecular weight is 362 g/mol. The highest BCUT2D eigenvalue weighted by Gasteiger charge is 2.17. The maximum Gasteiger partial charge on any atom is 0.211 e. The summed E-state index contributed by atoms with van der Waals surface area (Å²) in [6, 6.07) is 23.6. The number of nitrogens with zero attached hydrogens (tertiary/aromatic N) is 2. The molecule has 1 aromatic heterocycles. The molecule has 5 heteroatoms. The van der Waals surface area contributed by atoms with E-state index in [-0.39, 0.29) is 0 Å². The molecule has 0 saturated carbocycles. The molecule has 1 heterocycles. The normalized spacial score (nSPS) is 10.8. The summed E-state index contributed by atoms with van der Waals surface area (Å²) in [4.78, 5) is 15.8. The largest absolute Gasteiger partial charge is 0.327 e. The van der Waals surface area contributed by atoms with E-state index in [9.17, 15) is 4.79 Å². The van der Waals surface area contributed by atoms with Gasteiger partial charge in [-0.2, -0.15) is 0 Å². The molecule has 1 amide bonds. The first-order valence-corrected chi connectivity index (χ1v) is 8.64. The van der Waals surface area contributed by atoms with Crippen molar-refractivity contribution in [2.75, 3.05) is 5.32 Å². The number of aromatic nitrogens is 2. The molecule has 0 radical (unpaired) electrons. The quantitative estimate of drug-likeness (QED) is 0.510. The molecule has 0 bridgehead atoms. The Morgan fingerprint density at radius 1 is 0.962 bits per heavy atom. The van der Waals surface area contributed by atoms with Gasteiger partial charge in [-0.3, -0.25) is 4.79 Å². The number of hydrogen-bond donors (Lipinski definition) is 1. The topological polar surface area (TPSA) is 46.9 Å². The molecule has 0 spiro atoms. The second-order valence-corrected chi connectivity index (χ2v) is 6.33. The lowest BCUT2D eigenvalue weighted by Crippen LogP contribution is -2.02. The van der Waals surface area contributed by atoms with Crippen LogP contribution in [0.4, 0.5) is 5.69 Å². The fraction of sp³-hybridized carbons (Fsp3) is 0.0476. The third kappa shape index (κ3) is 2.95. The van der Waals surface area contributed by atoms with Crippen molar-refractivity contribution in [2.45, 2.75) is 6.54 Å². The molecule has 4 nitrogen and oxygen atoms in total. The van der Waals surface area contributed by atoms with Crippen molar-refractivity contribution in [3.8, 4) is 11.4 Å². The lowest BCUT2D eigenvalue weighted by atomic mass is 10.2. The number of nitrogens with one attached hydrogen (secondary N) is 1. The fourth-order valence-electron chi connectivity index (χ4n) is 3.10. The Labute approximate surface area is 156 Å². The van der Waals surface area contributed by atoms with Crippen LogP contribution in [-0.2, 0) is 11.3 Å². The molecular formula is C21H16ClN3O. The van der Waals surface area contributed by atoms with Crippen molar-refractivity contribution in [1.82, 2.24) is 9.55 Å². The minimum absolute atomic E-state index is 0.641. The predicted octanol–water partition coefficient (Wildman–Crippen LogP) is 4.97. The van der Waals surface area contributed by atoms with Gasteiger partial charge in [-0.05, 0) is 29.8 Å². The summed E-state index contributed by atoms with van der Waals surface area (Å²) < 4.78 is 2.13. The van der Waals surface area contributed by atoms with Crippen molar-refractivity contribution in [1.29, 1.82) is 0 Å². The number of rotatable bonds is 5. The number of fused-ring (bicyclic) bond motifs is 1. The van der Waals surface area contributed by atoms with Crippen molar-refractivity contribution in [3.05, 3.63) is 83.4 Å². The van der Waals surface area contributed by atoms with Crippen LogP contribution in [0.2, 0.25) is 5.02 Å². The van der Waals surface area contributed by atoms with Gasteiger partial charge >= 0.3 is 0 Å². The molecule has 1 N–H and O–H groups in total. The Hall–Kier alpha value is -3.11. The zero-order chi connectivity index (χ0) is 17.9. The van der Waals surface area contributed by atoms with Gasteiger partial charge in [-0.25, -0.2) is 4.98 Å². The Bertz CT molecular complexity index is 1070. The molecule has 3 aromatic carbocycles. The van der Waals surface area contributed by atoms with Crippen LogP contribution < -0.4 is 5.32 Å². The van der Waals surface area contributed by atoms with E-state index >= 15 is 0 Å². The van der Waals surface area contributed by atoms with Crippen LogP contribution in [0.25, 0.3) is 22.4 Å². The summed E-state index contributed by atoms with van der Waals surface area (Å²) in [7, 11) is 0. The van der Waals surface area contributed by atoms with Crippen LogP contribution in [0.1, 0.15) is 5.56 Å². The molecule has 4 rings (SSSR count). The van der Waals surface area contributed by atoms with Gasteiger partial charge in [0, 0.05) is 12.1 Å². The van der Waals surface area contributed by atoms with Crippen molar-refractivity contribution in [2.24, 2.45) is 0 Å². The van der Waals surface area contributed by atoms with Crippen LogP contribution in [0.15, 0.2) is 72.8 Å². The minimum atomic E-state index is 0.641. The zero-order valence-electron chi connectivity index (χ0n) is 13.9. The van der Waals surface area contributed by atoms with E-state index in [0.29, 0.717) is 23.7 Å². The van der Waals surface area contributed by atoms with E-state index in [1.54, 1.807) is 0 Å². The van der Waals surface area contributed by atoms with Crippen LogP contribution >= 0.6 is 11.6 Å². The molecule has 26 heavy (non-hydrogen) atoms. The number of carbonyl (C=O) groups excluding carboxylic acids is 1. The van der Waals surface area contributed by atoms with Crippen LogP contribution in [-0.4, -0.2) is 16.0 Å². The van der Waals surface area contributed by atoms with Crippen molar-refractivity contribution < 1.29 is 4.79 Å². The molecule has 0 aliphatic heterocycles. The second-order valence-electron chi connectivity index (χ2n) is 5.92. The van der Waals surface area contributed by atoms with Crippen LogP contribution in [0.3, 0.4) is 0 Å². The van der Waals surface area contributed by atoms with Gasteiger partial charge in [-0.1, -0.05) is 60.1 Å². The molecule has 128 valence electrons. The SMILES string of the molecule is O=CNc1cccc2c1nc(-c1ccccc1Cl)n2Cc1ccccc1. The van der Waals surface area contributed by atoms with E-state index in [0.717, 1.165) is 28.0 Å². The summed E-state index contributed by atoms with van der Waals surface area (Å²) in [5.74, 6) is 0.773. The fourth-order valence-corrected chi connectivity index (χ4v) is 3.32. The Morgan fingerprint density at radius 3 is 2.50 bits per heavy atom. The van der Waals surface area contributed by atoms with E-state index in [1.807, 2.05) is 60.7 Å². The lowest BCUT2D eigenvalue weighted by molar-refractivity contribution is -0.105. The van der Waals surface area contributed by atoms with Crippen molar-refractivity contribution in [3.63, 3.8) is 0 Å². The maximum atomic E-state index is 11.0. The Balaban J connectivity index is 1.97. The highest BCUT2D eigenvalue weighted by atomic mass is 35.5. The standard InChI is InChI=1S/C21H16ClN3O/c22-17-10-5-4-9-16(17)21-24-20-18(23-14-26)11-6-12-19(20)25(21)13-15-7-2-1-3-8-15/h1-12,14H,13H2,(H,23,26). The minimum Gasteiger partial charge on any atom is -0.327 e. The van der Waals surface area contributed by atoms with Gasteiger partial charge in [0.2, 0.25) is 6.41 Å². The van der Waals surface area contributed by atoms with Crippen LogP contribution in [0.5, 0.6) is 0 Å². The molecule has 0 unspecified atom stereocenters. The first-order valence-electron chi connectivity index (χ1n) is 8.26. The number of halogens is 1. The van der Waals surface area contributed by atoms with E-state index < -0.39 is 0 Å². The summed E-state index contributed by atoms with van der Waals surface area (Å²) in [5, 5.41) is 3.37. The highest BCUT2D eigenvalue weighted by Crippen LogP contribution is 2.33. The van der Waals surface area contributed by atoms with Crippen LogP contribution in [0, 0.1) is 0 Å².